The highest BCUT2D eigenvalue weighted by Crippen LogP contribution is 2.24. The van der Waals surface area contributed by atoms with Gasteiger partial charge in [-0.25, -0.2) is 4.79 Å². The van der Waals surface area contributed by atoms with Gasteiger partial charge < -0.3 is 15.8 Å². The first kappa shape index (κ1) is 15.5. The SMILES string of the molecule is CCOC(=O)c1cccc(N)c1NCCCS(C)=O. The summed E-state index contributed by atoms with van der Waals surface area (Å²) >= 11 is 0. The molecular formula is C13H20N2O3S. The number of ether oxygens (including phenoxy) is 1. The first-order valence-electron chi connectivity index (χ1n) is 6.15. The number of nitrogens with one attached hydrogen (secondary N) is 1. The highest BCUT2D eigenvalue weighted by atomic mass is 32.2. The van der Waals surface area contributed by atoms with E-state index >= 15 is 0 Å². The Hall–Kier alpha value is -1.56. The summed E-state index contributed by atoms with van der Waals surface area (Å²) in [4.78, 5) is 11.8. The van der Waals surface area contributed by atoms with Gasteiger partial charge in [0.1, 0.15) is 0 Å². The van der Waals surface area contributed by atoms with Crippen molar-refractivity contribution in [1.29, 1.82) is 0 Å². The molecule has 5 nitrogen and oxygen atoms in total. The van der Waals surface area contributed by atoms with E-state index in [0.717, 1.165) is 6.42 Å². The van der Waals surface area contributed by atoms with Crippen molar-refractivity contribution in [1.82, 2.24) is 0 Å². The summed E-state index contributed by atoms with van der Waals surface area (Å²) in [6, 6.07) is 5.12. The zero-order chi connectivity index (χ0) is 14.3. The quantitative estimate of drug-likeness (QED) is 0.452. The molecule has 0 bridgehead atoms. The molecule has 0 heterocycles. The third-order valence-corrected chi connectivity index (χ3v) is 3.37. The van der Waals surface area contributed by atoms with E-state index in [1.54, 1.807) is 31.4 Å². The Morgan fingerprint density at radius 1 is 1.47 bits per heavy atom. The predicted molar refractivity (Wildman–Crippen MR) is 78.9 cm³/mol. The van der Waals surface area contributed by atoms with Crippen LogP contribution in [0.2, 0.25) is 0 Å². The molecule has 1 atom stereocenters. The molecule has 3 N–H and O–H groups in total. The average Bonchev–Trinajstić information content (AvgIpc) is 2.36. The van der Waals surface area contributed by atoms with E-state index < -0.39 is 16.8 Å². The maximum atomic E-state index is 11.8. The monoisotopic (exact) mass is 284 g/mol. The summed E-state index contributed by atoms with van der Waals surface area (Å²) in [5.41, 5.74) is 7.39. The van der Waals surface area contributed by atoms with E-state index in [1.165, 1.54) is 0 Å². The van der Waals surface area contributed by atoms with Crippen LogP contribution in [0, 0.1) is 0 Å². The van der Waals surface area contributed by atoms with Gasteiger partial charge in [-0.2, -0.15) is 0 Å². The second-order valence-corrected chi connectivity index (χ2v) is 5.60. The van der Waals surface area contributed by atoms with Gasteiger partial charge in [0.05, 0.1) is 23.5 Å². The van der Waals surface area contributed by atoms with Gasteiger partial charge in [-0.3, -0.25) is 4.21 Å². The molecule has 0 fully saturated rings. The zero-order valence-electron chi connectivity index (χ0n) is 11.3. The van der Waals surface area contributed by atoms with Gasteiger partial charge >= 0.3 is 5.97 Å². The Morgan fingerprint density at radius 2 is 2.21 bits per heavy atom. The summed E-state index contributed by atoms with van der Waals surface area (Å²) < 4.78 is 16.0. The lowest BCUT2D eigenvalue weighted by atomic mass is 10.1. The van der Waals surface area contributed by atoms with Crippen LogP contribution < -0.4 is 11.1 Å². The lowest BCUT2D eigenvalue weighted by Crippen LogP contribution is -2.13. The Labute approximate surface area is 116 Å². The molecule has 0 aliphatic rings. The molecule has 0 aliphatic carbocycles. The summed E-state index contributed by atoms with van der Waals surface area (Å²) in [6.07, 6.45) is 2.42. The highest BCUT2D eigenvalue weighted by molar-refractivity contribution is 7.84. The standard InChI is InChI=1S/C13H20N2O3S/c1-3-18-13(16)10-6-4-7-11(14)12(10)15-8-5-9-19(2)17/h4,6-7,15H,3,5,8-9,14H2,1-2H3. The van der Waals surface area contributed by atoms with Crippen molar-refractivity contribution in [3.05, 3.63) is 23.8 Å². The number of esters is 1. The molecule has 6 heteroatoms. The van der Waals surface area contributed by atoms with Crippen molar-refractivity contribution in [3.8, 4) is 0 Å². The third kappa shape index (κ3) is 4.90. The third-order valence-electron chi connectivity index (χ3n) is 2.50. The number of rotatable bonds is 7. The van der Waals surface area contributed by atoms with Crippen molar-refractivity contribution in [2.45, 2.75) is 13.3 Å². The van der Waals surface area contributed by atoms with Crippen molar-refractivity contribution in [3.63, 3.8) is 0 Å². The van der Waals surface area contributed by atoms with Crippen LogP contribution in [-0.2, 0) is 15.5 Å². The Kier molecular flexibility index (Phi) is 6.35. The van der Waals surface area contributed by atoms with Crippen molar-refractivity contribution >= 4 is 28.1 Å². The van der Waals surface area contributed by atoms with E-state index in [2.05, 4.69) is 5.32 Å². The average molecular weight is 284 g/mol. The summed E-state index contributed by atoms with van der Waals surface area (Å²) in [5.74, 6) is 0.227. The maximum Gasteiger partial charge on any atom is 0.340 e. The fourth-order valence-electron chi connectivity index (χ4n) is 1.64. The van der Waals surface area contributed by atoms with Crippen molar-refractivity contribution < 1.29 is 13.7 Å². The largest absolute Gasteiger partial charge is 0.462 e. The number of nitrogen functional groups attached to an aromatic ring is 1. The molecule has 106 valence electrons. The van der Waals surface area contributed by atoms with Crippen LogP contribution >= 0.6 is 0 Å². The molecule has 0 aliphatic heterocycles. The Balaban J connectivity index is 2.74. The first-order chi connectivity index (χ1) is 9.06. The molecule has 0 aromatic heterocycles. The molecule has 1 rings (SSSR count). The molecule has 1 unspecified atom stereocenters. The fraction of sp³-hybridized carbons (Fsp3) is 0.462. The van der Waals surface area contributed by atoms with Crippen LogP contribution in [0.5, 0.6) is 0 Å². The number of hydrogen-bond donors (Lipinski definition) is 2. The van der Waals surface area contributed by atoms with Gasteiger partial charge in [0.15, 0.2) is 0 Å². The minimum Gasteiger partial charge on any atom is -0.462 e. The molecule has 19 heavy (non-hydrogen) atoms. The van der Waals surface area contributed by atoms with E-state index in [1.807, 2.05) is 0 Å². The van der Waals surface area contributed by atoms with Gasteiger partial charge in [-0.05, 0) is 25.5 Å². The lowest BCUT2D eigenvalue weighted by molar-refractivity contribution is 0.0527. The normalized spacial score (nSPS) is 11.9. The number of para-hydroxylation sites is 1. The second kappa shape index (κ2) is 7.78. The highest BCUT2D eigenvalue weighted by Gasteiger charge is 2.14. The lowest BCUT2D eigenvalue weighted by Gasteiger charge is -2.13. The number of nitrogens with two attached hydrogens (primary N) is 1. The Morgan fingerprint density at radius 3 is 2.84 bits per heavy atom. The van der Waals surface area contributed by atoms with Gasteiger partial charge in [-0.1, -0.05) is 6.07 Å². The first-order valence-corrected chi connectivity index (χ1v) is 7.88. The molecule has 0 radical (unpaired) electrons. The van der Waals surface area contributed by atoms with Crippen molar-refractivity contribution in [2.24, 2.45) is 0 Å². The van der Waals surface area contributed by atoms with E-state index in [0.29, 0.717) is 35.8 Å². The van der Waals surface area contributed by atoms with Crippen LogP contribution in [-0.4, -0.2) is 35.3 Å². The van der Waals surface area contributed by atoms with E-state index in [4.69, 9.17) is 10.5 Å². The van der Waals surface area contributed by atoms with Gasteiger partial charge in [-0.15, -0.1) is 0 Å². The summed E-state index contributed by atoms with van der Waals surface area (Å²) in [5, 5.41) is 3.12. The number of carbonyl (C=O) groups is 1. The zero-order valence-corrected chi connectivity index (χ0v) is 12.1. The summed E-state index contributed by atoms with van der Waals surface area (Å²) in [6.45, 7) is 2.69. The smallest absolute Gasteiger partial charge is 0.340 e. The van der Waals surface area contributed by atoms with Crippen LogP contribution in [0.15, 0.2) is 18.2 Å². The second-order valence-electron chi connectivity index (χ2n) is 4.05. The maximum absolute atomic E-state index is 11.8. The van der Waals surface area contributed by atoms with Crippen LogP contribution in [0.25, 0.3) is 0 Å². The topological polar surface area (TPSA) is 81.4 Å². The minimum absolute atomic E-state index is 0.321. The molecular weight excluding hydrogens is 264 g/mol. The van der Waals surface area contributed by atoms with Gasteiger partial charge in [0, 0.05) is 29.4 Å². The molecule has 0 spiro atoms. The molecule has 1 aromatic rings. The van der Waals surface area contributed by atoms with Crippen LogP contribution in [0.4, 0.5) is 11.4 Å². The fourth-order valence-corrected chi connectivity index (χ4v) is 2.19. The molecule has 1 aromatic carbocycles. The predicted octanol–water partition coefficient (Wildman–Crippen LogP) is 1.63. The van der Waals surface area contributed by atoms with Crippen LogP contribution in [0.3, 0.4) is 0 Å². The van der Waals surface area contributed by atoms with Gasteiger partial charge in [0.2, 0.25) is 0 Å². The minimum atomic E-state index is -0.809. The number of anilines is 2. The van der Waals surface area contributed by atoms with Crippen molar-refractivity contribution in [2.75, 3.05) is 36.2 Å². The van der Waals surface area contributed by atoms with Gasteiger partial charge in [0.25, 0.3) is 0 Å². The number of carbonyl (C=O) groups excluding carboxylic acids is 1. The summed E-state index contributed by atoms with van der Waals surface area (Å²) in [7, 11) is -0.809. The van der Waals surface area contributed by atoms with E-state index in [9.17, 15) is 9.00 Å². The number of benzene rings is 1. The Bertz CT molecular complexity index is 463. The van der Waals surface area contributed by atoms with E-state index in [-0.39, 0.29) is 0 Å². The molecule has 0 saturated heterocycles. The number of hydrogen-bond acceptors (Lipinski definition) is 5. The van der Waals surface area contributed by atoms with Crippen LogP contribution in [0.1, 0.15) is 23.7 Å². The molecule has 0 amide bonds. The molecule has 0 saturated carbocycles.